The van der Waals surface area contributed by atoms with E-state index in [1.54, 1.807) is 11.3 Å². The minimum Gasteiger partial charge on any atom is -0.347 e. The van der Waals surface area contributed by atoms with Gasteiger partial charge in [0.1, 0.15) is 5.69 Å². The van der Waals surface area contributed by atoms with Crippen molar-refractivity contribution < 1.29 is 4.79 Å². The number of carbonyl (C=O) groups excluding carboxylic acids is 1. The van der Waals surface area contributed by atoms with Crippen LogP contribution in [0.1, 0.15) is 39.8 Å². The molecule has 1 saturated heterocycles. The molecule has 1 aromatic heterocycles. The van der Waals surface area contributed by atoms with Gasteiger partial charge < -0.3 is 10.6 Å². The largest absolute Gasteiger partial charge is 0.347 e. The minimum absolute atomic E-state index is 0.147. The molecule has 1 amide bonds. The lowest BCUT2D eigenvalue weighted by Crippen LogP contribution is -2.28. The number of hydrogen-bond donors (Lipinski definition) is 2. The van der Waals surface area contributed by atoms with E-state index in [4.69, 9.17) is 11.6 Å². The second-order valence-electron chi connectivity index (χ2n) is 5.39. The highest BCUT2D eigenvalue weighted by atomic mass is 35.5. The van der Waals surface area contributed by atoms with Gasteiger partial charge in [0.05, 0.1) is 5.01 Å². The van der Waals surface area contributed by atoms with Gasteiger partial charge in [-0.25, -0.2) is 4.98 Å². The Bertz CT molecular complexity index is 652. The molecule has 2 aromatic rings. The van der Waals surface area contributed by atoms with E-state index in [1.807, 2.05) is 29.6 Å². The zero-order valence-corrected chi connectivity index (χ0v) is 13.7. The summed E-state index contributed by atoms with van der Waals surface area (Å²) in [5, 5.41) is 9.81. The summed E-state index contributed by atoms with van der Waals surface area (Å²) < 4.78 is 0. The predicted molar refractivity (Wildman–Crippen MR) is 89.6 cm³/mol. The van der Waals surface area contributed by atoms with Gasteiger partial charge >= 0.3 is 0 Å². The Hall–Kier alpha value is -1.43. The number of amides is 1. The fourth-order valence-corrected chi connectivity index (χ4v) is 3.69. The third-order valence-corrected chi connectivity index (χ3v) is 5.17. The molecule has 1 unspecified atom stereocenters. The predicted octanol–water partition coefficient (Wildman–Crippen LogP) is 3.19. The Labute approximate surface area is 138 Å². The zero-order chi connectivity index (χ0) is 15.4. The molecule has 1 atom stereocenters. The van der Waals surface area contributed by atoms with Crippen LogP contribution >= 0.6 is 22.9 Å². The van der Waals surface area contributed by atoms with E-state index >= 15 is 0 Å². The number of benzene rings is 1. The molecule has 22 heavy (non-hydrogen) atoms. The smallest absolute Gasteiger partial charge is 0.271 e. The fraction of sp³-hybridized carbons (Fsp3) is 0.375. The molecule has 0 spiro atoms. The molecule has 0 aliphatic carbocycles. The van der Waals surface area contributed by atoms with Crippen molar-refractivity contribution in [2.24, 2.45) is 0 Å². The van der Waals surface area contributed by atoms with Crippen molar-refractivity contribution in [2.75, 3.05) is 13.1 Å². The molecule has 4 nitrogen and oxygen atoms in total. The third kappa shape index (κ3) is 3.66. The highest BCUT2D eigenvalue weighted by Crippen LogP contribution is 2.26. The lowest BCUT2D eigenvalue weighted by Gasteiger charge is -2.20. The molecule has 1 aliphatic rings. The SMILES string of the molecule is O=C(NCc1ccccc1Cl)c1csc(C2CCCNC2)n1. The van der Waals surface area contributed by atoms with Crippen molar-refractivity contribution in [3.63, 3.8) is 0 Å². The topological polar surface area (TPSA) is 54.0 Å². The summed E-state index contributed by atoms with van der Waals surface area (Å²) in [6.07, 6.45) is 2.31. The van der Waals surface area contributed by atoms with Crippen LogP contribution in [0, 0.1) is 0 Å². The van der Waals surface area contributed by atoms with Crippen LogP contribution in [0.15, 0.2) is 29.6 Å². The number of carbonyl (C=O) groups is 1. The molecule has 0 bridgehead atoms. The number of nitrogens with one attached hydrogen (secondary N) is 2. The van der Waals surface area contributed by atoms with Crippen molar-refractivity contribution in [3.05, 3.63) is 50.9 Å². The number of piperidine rings is 1. The quantitative estimate of drug-likeness (QED) is 0.902. The lowest BCUT2D eigenvalue weighted by molar-refractivity contribution is 0.0946. The molecule has 2 heterocycles. The standard InChI is InChI=1S/C16H18ClN3OS/c17-13-6-2-1-4-11(13)9-19-15(21)14-10-22-16(20-14)12-5-3-7-18-8-12/h1-2,4,6,10,12,18H,3,5,7-9H2,(H,19,21). The Kier molecular flexibility index (Phi) is 5.08. The van der Waals surface area contributed by atoms with E-state index in [9.17, 15) is 4.79 Å². The summed E-state index contributed by atoms with van der Waals surface area (Å²) in [4.78, 5) is 16.7. The third-order valence-electron chi connectivity index (χ3n) is 3.80. The average Bonchev–Trinajstić information content (AvgIpc) is 3.05. The van der Waals surface area contributed by atoms with Gasteiger partial charge in [0, 0.05) is 29.4 Å². The normalized spacial score (nSPS) is 18.1. The number of thiazole rings is 1. The van der Waals surface area contributed by atoms with Crippen LogP contribution in [-0.2, 0) is 6.54 Å². The van der Waals surface area contributed by atoms with Gasteiger partial charge in [-0.15, -0.1) is 11.3 Å². The first-order valence-corrected chi connectivity index (χ1v) is 8.67. The van der Waals surface area contributed by atoms with Crippen molar-refractivity contribution >= 4 is 28.8 Å². The lowest BCUT2D eigenvalue weighted by atomic mass is 10.0. The van der Waals surface area contributed by atoms with Crippen LogP contribution in [-0.4, -0.2) is 24.0 Å². The summed E-state index contributed by atoms with van der Waals surface area (Å²) in [6.45, 7) is 2.44. The van der Waals surface area contributed by atoms with Crippen LogP contribution in [0.25, 0.3) is 0 Å². The van der Waals surface area contributed by atoms with E-state index in [0.717, 1.165) is 36.5 Å². The van der Waals surface area contributed by atoms with Crippen molar-refractivity contribution in [2.45, 2.75) is 25.3 Å². The number of aromatic nitrogens is 1. The Balaban J connectivity index is 1.61. The fourth-order valence-electron chi connectivity index (χ4n) is 2.55. The van der Waals surface area contributed by atoms with Gasteiger partial charge in [-0.1, -0.05) is 29.8 Å². The van der Waals surface area contributed by atoms with Gasteiger partial charge in [-0.3, -0.25) is 4.79 Å². The number of halogens is 1. The van der Waals surface area contributed by atoms with Crippen LogP contribution < -0.4 is 10.6 Å². The Morgan fingerprint density at radius 3 is 3.09 bits per heavy atom. The number of rotatable bonds is 4. The van der Waals surface area contributed by atoms with Crippen molar-refractivity contribution in [1.82, 2.24) is 15.6 Å². The summed E-state index contributed by atoms with van der Waals surface area (Å²) >= 11 is 7.66. The molecule has 1 aliphatic heterocycles. The molecule has 1 fully saturated rings. The van der Waals surface area contributed by atoms with Crippen LogP contribution in [0.2, 0.25) is 5.02 Å². The summed E-state index contributed by atoms with van der Waals surface area (Å²) in [5.41, 5.74) is 1.40. The molecular weight excluding hydrogens is 318 g/mol. The maximum atomic E-state index is 12.2. The summed E-state index contributed by atoms with van der Waals surface area (Å²) in [6, 6.07) is 7.51. The maximum Gasteiger partial charge on any atom is 0.271 e. The molecule has 116 valence electrons. The van der Waals surface area contributed by atoms with Gasteiger partial charge in [0.2, 0.25) is 0 Å². The van der Waals surface area contributed by atoms with Gasteiger partial charge in [-0.2, -0.15) is 0 Å². The first-order valence-electron chi connectivity index (χ1n) is 7.42. The van der Waals surface area contributed by atoms with E-state index in [-0.39, 0.29) is 5.91 Å². The molecular formula is C16H18ClN3OS. The van der Waals surface area contributed by atoms with Crippen LogP contribution in [0.3, 0.4) is 0 Å². The average molecular weight is 336 g/mol. The maximum absolute atomic E-state index is 12.2. The molecule has 0 saturated carbocycles. The van der Waals surface area contributed by atoms with Gasteiger partial charge in [0.25, 0.3) is 5.91 Å². The molecule has 0 radical (unpaired) electrons. The number of hydrogen-bond acceptors (Lipinski definition) is 4. The second kappa shape index (κ2) is 7.22. The van der Waals surface area contributed by atoms with Crippen molar-refractivity contribution in [1.29, 1.82) is 0 Å². The molecule has 3 rings (SSSR count). The first-order chi connectivity index (χ1) is 10.7. The molecule has 6 heteroatoms. The zero-order valence-electron chi connectivity index (χ0n) is 12.1. The highest BCUT2D eigenvalue weighted by Gasteiger charge is 2.20. The van der Waals surface area contributed by atoms with E-state index < -0.39 is 0 Å². The van der Waals surface area contributed by atoms with Crippen LogP contribution in [0.5, 0.6) is 0 Å². The second-order valence-corrected chi connectivity index (χ2v) is 6.69. The van der Waals surface area contributed by atoms with Gasteiger partial charge in [-0.05, 0) is 31.0 Å². The van der Waals surface area contributed by atoms with E-state index in [0.29, 0.717) is 23.2 Å². The van der Waals surface area contributed by atoms with Crippen LogP contribution in [0.4, 0.5) is 0 Å². The number of nitrogens with zero attached hydrogens (tertiary/aromatic N) is 1. The monoisotopic (exact) mass is 335 g/mol. The first kappa shape index (κ1) is 15.5. The van der Waals surface area contributed by atoms with E-state index in [1.165, 1.54) is 0 Å². The highest BCUT2D eigenvalue weighted by molar-refractivity contribution is 7.09. The van der Waals surface area contributed by atoms with E-state index in [2.05, 4.69) is 15.6 Å². The summed E-state index contributed by atoms with van der Waals surface area (Å²) in [5.74, 6) is 0.287. The van der Waals surface area contributed by atoms with Gasteiger partial charge in [0.15, 0.2) is 0 Å². The minimum atomic E-state index is -0.147. The van der Waals surface area contributed by atoms with Crippen molar-refractivity contribution in [3.8, 4) is 0 Å². The summed E-state index contributed by atoms with van der Waals surface area (Å²) in [7, 11) is 0. The molecule has 1 aromatic carbocycles. The molecule has 2 N–H and O–H groups in total. The Morgan fingerprint density at radius 2 is 2.32 bits per heavy atom. The Morgan fingerprint density at radius 1 is 1.45 bits per heavy atom.